The highest BCUT2D eigenvalue weighted by Crippen LogP contribution is 2.23. The Bertz CT molecular complexity index is 792. The van der Waals surface area contributed by atoms with Crippen molar-refractivity contribution in [2.45, 2.75) is 0 Å². The number of nitrogens with zero attached hydrogens (tertiary/aromatic N) is 2. The molecule has 0 fully saturated rings. The average molecular weight is 278 g/mol. The minimum atomic E-state index is 0.321. The van der Waals surface area contributed by atoms with Gasteiger partial charge in [0.25, 0.3) is 0 Å². The van der Waals surface area contributed by atoms with E-state index in [0.717, 1.165) is 11.1 Å². The zero-order valence-corrected chi connectivity index (χ0v) is 11.2. The Morgan fingerprint density at radius 3 is 2.67 bits per heavy atom. The second-order valence-electron chi connectivity index (χ2n) is 4.64. The maximum Gasteiger partial charge on any atom is 0.155 e. The number of nitrogens with one attached hydrogen (secondary N) is 2. The number of hydrogen-bond donors (Lipinski definition) is 4. The van der Waals surface area contributed by atoms with Gasteiger partial charge in [-0.1, -0.05) is 12.1 Å². The van der Waals surface area contributed by atoms with Crippen molar-refractivity contribution >= 4 is 17.1 Å². The Hall–Kier alpha value is -3.15. The first-order chi connectivity index (χ1) is 10.1. The molecular formula is C15H14N6. The van der Waals surface area contributed by atoms with E-state index in [9.17, 15) is 0 Å². The van der Waals surface area contributed by atoms with Crippen LogP contribution in [0.5, 0.6) is 0 Å². The van der Waals surface area contributed by atoms with Crippen molar-refractivity contribution in [3.63, 3.8) is 0 Å². The Morgan fingerprint density at radius 1 is 1.10 bits per heavy atom. The van der Waals surface area contributed by atoms with Gasteiger partial charge in [0.05, 0.1) is 5.71 Å². The van der Waals surface area contributed by atoms with Crippen molar-refractivity contribution in [3.05, 3.63) is 59.9 Å². The summed E-state index contributed by atoms with van der Waals surface area (Å²) >= 11 is 0. The van der Waals surface area contributed by atoms with Crippen molar-refractivity contribution in [1.82, 2.24) is 15.2 Å². The molecular weight excluding hydrogens is 264 g/mol. The molecule has 0 aliphatic rings. The van der Waals surface area contributed by atoms with E-state index in [4.69, 9.17) is 16.9 Å². The summed E-state index contributed by atoms with van der Waals surface area (Å²) in [4.78, 5) is 4.11. The molecule has 0 bridgehead atoms. The largest absolute Gasteiger partial charge is 0.399 e. The fourth-order valence-electron chi connectivity index (χ4n) is 2.11. The van der Waals surface area contributed by atoms with Crippen LogP contribution in [0.3, 0.4) is 0 Å². The predicted molar refractivity (Wildman–Crippen MR) is 83.0 cm³/mol. The average Bonchev–Trinajstić information content (AvgIpc) is 3.01. The summed E-state index contributed by atoms with van der Waals surface area (Å²) in [5.74, 6) is 0.636. The Balaban J connectivity index is 2.05. The minimum Gasteiger partial charge on any atom is -0.399 e. The van der Waals surface area contributed by atoms with Gasteiger partial charge in [-0.05, 0) is 30.3 Å². The van der Waals surface area contributed by atoms with Gasteiger partial charge in [-0.25, -0.2) is 4.98 Å². The topological polar surface area (TPSA) is 117 Å². The molecule has 21 heavy (non-hydrogen) atoms. The summed E-state index contributed by atoms with van der Waals surface area (Å²) < 4.78 is 0. The molecule has 0 saturated carbocycles. The van der Waals surface area contributed by atoms with Crippen LogP contribution in [0.4, 0.5) is 11.4 Å². The summed E-state index contributed by atoms with van der Waals surface area (Å²) in [6.45, 7) is 0. The second-order valence-corrected chi connectivity index (χ2v) is 4.64. The molecule has 0 unspecified atom stereocenters. The Morgan fingerprint density at radius 2 is 1.95 bits per heavy atom. The van der Waals surface area contributed by atoms with Crippen molar-refractivity contribution in [3.8, 4) is 11.4 Å². The Labute approximate surface area is 121 Å². The highest BCUT2D eigenvalue weighted by atomic mass is 15.2. The third-order valence-corrected chi connectivity index (χ3v) is 3.19. The summed E-state index contributed by atoms with van der Waals surface area (Å²) in [6.07, 6.45) is 1.44. The van der Waals surface area contributed by atoms with E-state index >= 15 is 0 Å². The van der Waals surface area contributed by atoms with E-state index in [2.05, 4.69) is 15.2 Å². The molecule has 3 aromatic rings. The lowest BCUT2D eigenvalue weighted by atomic mass is 9.98. The molecule has 6 heteroatoms. The highest BCUT2D eigenvalue weighted by molar-refractivity contribution is 6.14. The number of benzene rings is 2. The zero-order valence-electron chi connectivity index (χ0n) is 11.2. The number of H-pyrrole nitrogens is 1. The predicted octanol–water partition coefficient (Wildman–Crippen LogP) is 2.05. The number of aromatic nitrogens is 3. The van der Waals surface area contributed by atoms with Crippen LogP contribution in [0.2, 0.25) is 0 Å². The number of hydrogen-bond acceptors (Lipinski definition) is 5. The van der Waals surface area contributed by atoms with E-state index in [-0.39, 0.29) is 0 Å². The van der Waals surface area contributed by atoms with Crippen molar-refractivity contribution in [1.29, 1.82) is 5.41 Å². The van der Waals surface area contributed by atoms with Crippen LogP contribution in [0, 0.1) is 5.41 Å². The maximum absolute atomic E-state index is 8.35. The van der Waals surface area contributed by atoms with Gasteiger partial charge < -0.3 is 11.5 Å². The summed E-state index contributed by atoms with van der Waals surface area (Å²) in [5.41, 5.74) is 15.4. The number of nitrogen functional groups attached to an aromatic ring is 2. The monoisotopic (exact) mass is 278 g/mol. The van der Waals surface area contributed by atoms with Crippen LogP contribution in [0.25, 0.3) is 11.4 Å². The van der Waals surface area contributed by atoms with Gasteiger partial charge in [0.15, 0.2) is 5.82 Å². The number of anilines is 2. The van der Waals surface area contributed by atoms with Crippen LogP contribution in [0.15, 0.2) is 48.8 Å². The molecule has 1 heterocycles. The van der Waals surface area contributed by atoms with E-state index < -0.39 is 0 Å². The first kappa shape index (κ1) is 12.9. The van der Waals surface area contributed by atoms with E-state index in [1.807, 2.05) is 24.3 Å². The molecule has 3 rings (SSSR count). The van der Waals surface area contributed by atoms with Crippen LogP contribution in [-0.2, 0) is 0 Å². The van der Waals surface area contributed by atoms with Gasteiger partial charge in [0.2, 0.25) is 0 Å². The third-order valence-electron chi connectivity index (χ3n) is 3.19. The highest BCUT2D eigenvalue weighted by Gasteiger charge is 2.11. The van der Waals surface area contributed by atoms with Crippen LogP contribution >= 0.6 is 0 Å². The molecule has 6 N–H and O–H groups in total. The lowest BCUT2D eigenvalue weighted by Gasteiger charge is -2.10. The van der Waals surface area contributed by atoms with Gasteiger partial charge in [-0.15, -0.1) is 0 Å². The molecule has 1 aromatic heterocycles. The zero-order chi connectivity index (χ0) is 14.8. The molecule has 0 amide bonds. The van der Waals surface area contributed by atoms with Gasteiger partial charge >= 0.3 is 0 Å². The number of aromatic amines is 1. The quantitative estimate of drug-likeness (QED) is 0.433. The van der Waals surface area contributed by atoms with Gasteiger partial charge in [-0.2, -0.15) is 5.10 Å². The summed E-state index contributed by atoms with van der Waals surface area (Å²) in [6, 6.07) is 12.6. The lowest BCUT2D eigenvalue weighted by molar-refractivity contribution is 1.10. The van der Waals surface area contributed by atoms with Crippen LogP contribution in [-0.4, -0.2) is 20.9 Å². The molecule has 0 aliphatic carbocycles. The maximum atomic E-state index is 8.35. The van der Waals surface area contributed by atoms with Crippen LogP contribution < -0.4 is 11.5 Å². The van der Waals surface area contributed by atoms with Gasteiger partial charge in [0.1, 0.15) is 6.33 Å². The normalized spacial score (nSPS) is 10.5. The minimum absolute atomic E-state index is 0.321. The molecule has 6 nitrogen and oxygen atoms in total. The SMILES string of the molecule is N=C(c1cccc(N)c1)c1cc(-c2ncn[nH]2)ccc1N. The number of rotatable bonds is 3. The fraction of sp³-hybridized carbons (Fsp3) is 0. The summed E-state index contributed by atoms with van der Waals surface area (Å²) in [7, 11) is 0. The van der Waals surface area contributed by atoms with E-state index in [1.54, 1.807) is 18.2 Å². The third kappa shape index (κ3) is 2.46. The van der Waals surface area contributed by atoms with E-state index in [1.165, 1.54) is 6.33 Å². The fourth-order valence-corrected chi connectivity index (χ4v) is 2.11. The molecule has 2 aromatic carbocycles. The Kier molecular flexibility index (Phi) is 3.12. The molecule has 0 aliphatic heterocycles. The molecule has 0 radical (unpaired) electrons. The standard InChI is InChI=1S/C15H14N6/c16-11-3-1-2-9(6-11)14(18)12-7-10(4-5-13(12)17)15-19-8-20-21-15/h1-8,18H,16-17H2,(H,19,20,21). The molecule has 0 saturated heterocycles. The molecule has 104 valence electrons. The van der Waals surface area contributed by atoms with Gasteiger partial charge in [0, 0.05) is 28.1 Å². The smallest absolute Gasteiger partial charge is 0.155 e. The van der Waals surface area contributed by atoms with Crippen molar-refractivity contribution in [2.75, 3.05) is 11.5 Å². The van der Waals surface area contributed by atoms with Crippen LogP contribution in [0.1, 0.15) is 11.1 Å². The van der Waals surface area contributed by atoms with E-state index in [0.29, 0.717) is 28.5 Å². The van der Waals surface area contributed by atoms with Crippen molar-refractivity contribution in [2.24, 2.45) is 0 Å². The second kappa shape index (κ2) is 5.09. The molecule has 0 atom stereocenters. The first-order valence-electron chi connectivity index (χ1n) is 6.35. The number of nitrogens with two attached hydrogens (primary N) is 2. The first-order valence-corrected chi connectivity index (χ1v) is 6.35. The van der Waals surface area contributed by atoms with Crippen molar-refractivity contribution < 1.29 is 0 Å². The lowest BCUT2D eigenvalue weighted by Crippen LogP contribution is -2.06. The van der Waals surface area contributed by atoms with Gasteiger partial charge in [-0.3, -0.25) is 10.5 Å². The summed E-state index contributed by atoms with van der Waals surface area (Å²) in [5, 5.41) is 15.0. The molecule has 0 spiro atoms.